The van der Waals surface area contributed by atoms with Crippen LogP contribution in [0.2, 0.25) is 0 Å². The molecule has 2 heteroatoms. The standard InChI is InChI=1S/C17H27NO/c1-13-3-7-16(12-18)15(11-13)8-4-14-5-9-17(19-2)10-6-14/h5-6,9-10,13,15-16H,3-4,7-8,11-12,18H2,1-2H3. The van der Waals surface area contributed by atoms with Gasteiger partial charge in [0.25, 0.3) is 0 Å². The lowest BCUT2D eigenvalue weighted by Gasteiger charge is -2.34. The molecule has 1 aliphatic rings. The number of hydrogen-bond acceptors (Lipinski definition) is 2. The van der Waals surface area contributed by atoms with Gasteiger partial charge < -0.3 is 10.5 Å². The highest BCUT2D eigenvalue weighted by Crippen LogP contribution is 2.35. The molecule has 2 rings (SSSR count). The Balaban J connectivity index is 1.88. The quantitative estimate of drug-likeness (QED) is 0.878. The summed E-state index contributed by atoms with van der Waals surface area (Å²) in [5.74, 6) is 3.38. The molecule has 0 saturated heterocycles. The molecule has 1 fully saturated rings. The van der Waals surface area contributed by atoms with Gasteiger partial charge in [0.05, 0.1) is 7.11 Å². The highest BCUT2D eigenvalue weighted by Gasteiger charge is 2.27. The fourth-order valence-corrected chi connectivity index (χ4v) is 3.37. The Labute approximate surface area is 117 Å². The molecule has 1 saturated carbocycles. The Morgan fingerprint density at radius 2 is 1.89 bits per heavy atom. The molecule has 0 radical (unpaired) electrons. The van der Waals surface area contributed by atoms with Gasteiger partial charge in [0.2, 0.25) is 0 Å². The number of methoxy groups -OCH3 is 1. The topological polar surface area (TPSA) is 35.2 Å². The maximum absolute atomic E-state index is 5.93. The highest BCUT2D eigenvalue weighted by atomic mass is 16.5. The molecule has 19 heavy (non-hydrogen) atoms. The summed E-state index contributed by atoms with van der Waals surface area (Å²) in [7, 11) is 1.71. The van der Waals surface area contributed by atoms with Crippen LogP contribution in [0.3, 0.4) is 0 Å². The molecular formula is C17H27NO. The lowest BCUT2D eigenvalue weighted by Crippen LogP contribution is -2.30. The van der Waals surface area contributed by atoms with E-state index in [4.69, 9.17) is 10.5 Å². The number of hydrogen-bond donors (Lipinski definition) is 1. The zero-order chi connectivity index (χ0) is 13.7. The third-order valence-corrected chi connectivity index (χ3v) is 4.67. The van der Waals surface area contributed by atoms with Gasteiger partial charge in [-0.3, -0.25) is 0 Å². The van der Waals surface area contributed by atoms with Crippen LogP contribution in [0.15, 0.2) is 24.3 Å². The number of benzene rings is 1. The minimum absolute atomic E-state index is 0.745. The number of nitrogens with two attached hydrogens (primary N) is 1. The van der Waals surface area contributed by atoms with E-state index in [-0.39, 0.29) is 0 Å². The summed E-state index contributed by atoms with van der Waals surface area (Å²) < 4.78 is 5.20. The monoisotopic (exact) mass is 261 g/mol. The molecule has 0 heterocycles. The van der Waals surface area contributed by atoms with Crippen molar-refractivity contribution in [2.45, 2.75) is 39.0 Å². The normalized spacial score (nSPS) is 27.2. The molecule has 2 nitrogen and oxygen atoms in total. The van der Waals surface area contributed by atoms with Gasteiger partial charge in [0.15, 0.2) is 0 Å². The van der Waals surface area contributed by atoms with Crippen molar-refractivity contribution >= 4 is 0 Å². The maximum atomic E-state index is 5.93. The second-order valence-corrected chi connectivity index (χ2v) is 6.06. The molecule has 106 valence electrons. The number of aryl methyl sites for hydroxylation is 1. The zero-order valence-corrected chi connectivity index (χ0v) is 12.3. The van der Waals surface area contributed by atoms with E-state index >= 15 is 0 Å². The van der Waals surface area contributed by atoms with Gasteiger partial charge in [-0.25, -0.2) is 0 Å². The van der Waals surface area contributed by atoms with Crippen LogP contribution in [0, 0.1) is 17.8 Å². The van der Waals surface area contributed by atoms with Crippen molar-refractivity contribution in [1.29, 1.82) is 0 Å². The predicted octanol–water partition coefficient (Wildman–Crippen LogP) is 3.64. The Morgan fingerprint density at radius 1 is 1.16 bits per heavy atom. The van der Waals surface area contributed by atoms with Crippen molar-refractivity contribution in [1.82, 2.24) is 0 Å². The van der Waals surface area contributed by atoms with Crippen LogP contribution >= 0.6 is 0 Å². The summed E-state index contributed by atoms with van der Waals surface area (Å²) in [4.78, 5) is 0. The third-order valence-electron chi connectivity index (χ3n) is 4.67. The average Bonchev–Trinajstić information content (AvgIpc) is 2.46. The molecule has 2 N–H and O–H groups in total. The van der Waals surface area contributed by atoms with Gasteiger partial charge >= 0.3 is 0 Å². The van der Waals surface area contributed by atoms with Crippen molar-refractivity contribution in [2.75, 3.05) is 13.7 Å². The summed E-state index contributed by atoms with van der Waals surface area (Å²) in [6.07, 6.45) is 6.49. The minimum Gasteiger partial charge on any atom is -0.497 e. The predicted molar refractivity (Wildman–Crippen MR) is 80.4 cm³/mol. The molecule has 0 bridgehead atoms. The second-order valence-electron chi connectivity index (χ2n) is 6.06. The van der Waals surface area contributed by atoms with E-state index in [0.29, 0.717) is 0 Å². The van der Waals surface area contributed by atoms with Crippen LogP contribution < -0.4 is 10.5 Å². The van der Waals surface area contributed by atoms with Crippen molar-refractivity contribution in [3.63, 3.8) is 0 Å². The highest BCUT2D eigenvalue weighted by molar-refractivity contribution is 5.27. The molecule has 1 aromatic carbocycles. The SMILES string of the molecule is COc1ccc(CCC2CC(C)CCC2CN)cc1. The van der Waals surface area contributed by atoms with Crippen LogP contribution in [0.25, 0.3) is 0 Å². The van der Waals surface area contributed by atoms with Crippen molar-refractivity contribution in [2.24, 2.45) is 23.5 Å². The maximum Gasteiger partial charge on any atom is 0.118 e. The number of ether oxygens (including phenoxy) is 1. The smallest absolute Gasteiger partial charge is 0.118 e. The van der Waals surface area contributed by atoms with Crippen LogP contribution in [-0.4, -0.2) is 13.7 Å². The average molecular weight is 261 g/mol. The van der Waals surface area contributed by atoms with E-state index in [1.54, 1.807) is 7.11 Å². The molecule has 0 aromatic heterocycles. The number of rotatable bonds is 5. The van der Waals surface area contributed by atoms with E-state index in [9.17, 15) is 0 Å². The largest absolute Gasteiger partial charge is 0.497 e. The summed E-state index contributed by atoms with van der Waals surface area (Å²) >= 11 is 0. The molecule has 0 aliphatic heterocycles. The minimum atomic E-state index is 0.745. The summed E-state index contributed by atoms with van der Waals surface area (Å²) in [5, 5.41) is 0. The summed E-state index contributed by atoms with van der Waals surface area (Å²) in [5.41, 5.74) is 7.34. The van der Waals surface area contributed by atoms with Crippen LogP contribution in [0.5, 0.6) is 5.75 Å². The zero-order valence-electron chi connectivity index (χ0n) is 12.3. The van der Waals surface area contributed by atoms with Gasteiger partial charge in [-0.15, -0.1) is 0 Å². The van der Waals surface area contributed by atoms with Crippen molar-refractivity contribution in [3.8, 4) is 5.75 Å². The molecule has 1 aromatic rings. The Hall–Kier alpha value is -1.02. The summed E-state index contributed by atoms with van der Waals surface area (Å²) in [6, 6.07) is 8.48. The van der Waals surface area contributed by atoms with Gasteiger partial charge in [-0.1, -0.05) is 25.5 Å². The van der Waals surface area contributed by atoms with E-state index in [1.807, 2.05) is 0 Å². The molecule has 0 spiro atoms. The first-order valence-corrected chi connectivity index (χ1v) is 7.56. The first kappa shape index (κ1) is 14.4. The fraction of sp³-hybridized carbons (Fsp3) is 0.647. The Kier molecular flexibility index (Phi) is 5.26. The van der Waals surface area contributed by atoms with Crippen molar-refractivity contribution < 1.29 is 4.74 Å². The van der Waals surface area contributed by atoms with E-state index < -0.39 is 0 Å². The molecule has 3 atom stereocenters. The van der Waals surface area contributed by atoms with Gasteiger partial charge in [0.1, 0.15) is 5.75 Å². The molecule has 3 unspecified atom stereocenters. The Morgan fingerprint density at radius 3 is 2.53 bits per heavy atom. The summed E-state index contributed by atoms with van der Waals surface area (Å²) in [6.45, 7) is 3.24. The van der Waals surface area contributed by atoms with Crippen LogP contribution in [0.4, 0.5) is 0 Å². The van der Waals surface area contributed by atoms with E-state index in [0.717, 1.165) is 36.5 Å². The van der Waals surface area contributed by atoms with Gasteiger partial charge in [-0.05, 0) is 67.7 Å². The first-order chi connectivity index (χ1) is 9.22. The fourth-order valence-electron chi connectivity index (χ4n) is 3.37. The lowest BCUT2D eigenvalue weighted by atomic mass is 9.72. The van der Waals surface area contributed by atoms with E-state index in [2.05, 4.69) is 31.2 Å². The molecule has 1 aliphatic carbocycles. The third kappa shape index (κ3) is 3.97. The Bertz CT molecular complexity index is 373. The van der Waals surface area contributed by atoms with Gasteiger partial charge in [-0.2, -0.15) is 0 Å². The first-order valence-electron chi connectivity index (χ1n) is 7.56. The van der Waals surface area contributed by atoms with Crippen LogP contribution in [-0.2, 0) is 6.42 Å². The lowest BCUT2D eigenvalue weighted by molar-refractivity contribution is 0.184. The van der Waals surface area contributed by atoms with Crippen molar-refractivity contribution in [3.05, 3.63) is 29.8 Å². The second kappa shape index (κ2) is 6.95. The van der Waals surface area contributed by atoms with E-state index in [1.165, 1.54) is 31.2 Å². The molecule has 0 amide bonds. The van der Waals surface area contributed by atoms with Crippen LogP contribution in [0.1, 0.15) is 38.2 Å². The van der Waals surface area contributed by atoms with Gasteiger partial charge in [0, 0.05) is 0 Å². The molecular weight excluding hydrogens is 234 g/mol.